The molecule has 0 aliphatic rings. The van der Waals surface area contributed by atoms with Crippen LogP contribution in [-0.4, -0.2) is 21.9 Å². The Morgan fingerprint density at radius 3 is 2.80 bits per heavy atom. The second-order valence-corrected chi connectivity index (χ2v) is 4.82. The number of para-hydroxylation sites is 1. The lowest BCUT2D eigenvalue weighted by Crippen LogP contribution is -2.12. The van der Waals surface area contributed by atoms with Gasteiger partial charge in [-0.25, -0.2) is 0 Å². The van der Waals surface area contributed by atoms with Crippen LogP contribution in [0.15, 0.2) is 22.7 Å². The van der Waals surface area contributed by atoms with Gasteiger partial charge in [-0.1, -0.05) is 25.1 Å². The summed E-state index contributed by atoms with van der Waals surface area (Å²) in [4.78, 5) is 4.30. The summed E-state index contributed by atoms with van der Waals surface area (Å²) < 4.78 is 10.8. The van der Waals surface area contributed by atoms with Gasteiger partial charge in [0.05, 0.1) is 11.3 Å². The van der Waals surface area contributed by atoms with Crippen LogP contribution in [0.4, 0.5) is 5.69 Å². The fourth-order valence-electron chi connectivity index (χ4n) is 1.94. The first kappa shape index (κ1) is 14.3. The van der Waals surface area contributed by atoms with Crippen LogP contribution in [0.2, 0.25) is 0 Å². The summed E-state index contributed by atoms with van der Waals surface area (Å²) >= 11 is 0. The zero-order chi connectivity index (χ0) is 14.7. The van der Waals surface area contributed by atoms with E-state index in [4.69, 9.17) is 15.0 Å². The molecule has 1 atom stereocenters. The van der Waals surface area contributed by atoms with Crippen LogP contribution in [0.5, 0.6) is 5.75 Å². The van der Waals surface area contributed by atoms with Crippen LogP contribution >= 0.6 is 0 Å². The Labute approximate surface area is 117 Å². The van der Waals surface area contributed by atoms with E-state index in [0.717, 1.165) is 0 Å². The minimum atomic E-state index is -0.235. The first-order chi connectivity index (χ1) is 9.54. The van der Waals surface area contributed by atoms with Crippen molar-refractivity contribution in [3.8, 4) is 17.2 Å². The summed E-state index contributed by atoms with van der Waals surface area (Å²) in [5, 5.41) is 13.9. The van der Waals surface area contributed by atoms with Gasteiger partial charge in [0.1, 0.15) is 6.10 Å². The molecule has 0 fully saturated rings. The molecule has 0 spiro atoms. The Kier molecular flexibility index (Phi) is 4.24. The summed E-state index contributed by atoms with van der Waals surface area (Å²) in [6.07, 6.45) is -0.235. The van der Waals surface area contributed by atoms with E-state index in [9.17, 15) is 5.11 Å². The van der Waals surface area contributed by atoms with Crippen LogP contribution in [0.1, 0.15) is 32.7 Å². The molecule has 0 aliphatic carbocycles. The average Bonchev–Trinajstić information content (AvgIpc) is 2.88. The van der Waals surface area contributed by atoms with E-state index < -0.39 is 0 Å². The lowest BCUT2D eigenvalue weighted by atomic mass is 10.1. The monoisotopic (exact) mass is 277 g/mol. The van der Waals surface area contributed by atoms with Crippen LogP contribution in [0, 0.1) is 5.92 Å². The van der Waals surface area contributed by atoms with Gasteiger partial charge in [-0.15, -0.1) is 0 Å². The summed E-state index contributed by atoms with van der Waals surface area (Å²) in [6.45, 7) is 6.53. The van der Waals surface area contributed by atoms with Crippen molar-refractivity contribution >= 4 is 5.69 Å². The lowest BCUT2D eigenvalue weighted by Gasteiger charge is -2.16. The first-order valence-electron chi connectivity index (χ1n) is 6.57. The van der Waals surface area contributed by atoms with Crippen molar-refractivity contribution in [3.05, 3.63) is 24.0 Å². The van der Waals surface area contributed by atoms with Gasteiger partial charge in [-0.2, -0.15) is 4.98 Å². The summed E-state index contributed by atoms with van der Waals surface area (Å²) in [7, 11) is 0. The summed E-state index contributed by atoms with van der Waals surface area (Å²) in [6, 6.07) is 5.00. The van der Waals surface area contributed by atoms with Crippen molar-refractivity contribution in [2.24, 2.45) is 5.92 Å². The summed E-state index contributed by atoms with van der Waals surface area (Å²) in [5.74, 6) is 0.865. The molecule has 0 radical (unpaired) electrons. The number of rotatable bonds is 5. The number of phenols is 1. The van der Waals surface area contributed by atoms with Crippen molar-refractivity contribution in [2.45, 2.75) is 26.9 Å². The molecule has 1 heterocycles. The third-order valence-electron chi connectivity index (χ3n) is 2.95. The largest absolute Gasteiger partial charge is 0.505 e. The molecule has 1 aromatic heterocycles. The van der Waals surface area contributed by atoms with E-state index in [1.807, 2.05) is 20.8 Å². The Hall–Kier alpha value is -2.08. The lowest BCUT2D eigenvalue weighted by molar-refractivity contribution is 0.0217. The standard InChI is InChI=1S/C14H19N3O3/c1-4-19-12(8(2)3)13-16-14(20-17-13)9-6-5-7-10(15)11(9)18/h5-8,12,18H,4,15H2,1-3H3. The van der Waals surface area contributed by atoms with Gasteiger partial charge in [-0.3, -0.25) is 0 Å². The molecule has 2 rings (SSSR count). The smallest absolute Gasteiger partial charge is 0.261 e. The number of nitrogens with two attached hydrogens (primary N) is 1. The number of ether oxygens (including phenoxy) is 1. The second-order valence-electron chi connectivity index (χ2n) is 4.82. The normalized spacial score (nSPS) is 12.8. The highest BCUT2D eigenvalue weighted by atomic mass is 16.5. The van der Waals surface area contributed by atoms with E-state index in [1.54, 1.807) is 18.2 Å². The third-order valence-corrected chi connectivity index (χ3v) is 2.95. The van der Waals surface area contributed by atoms with Crippen molar-refractivity contribution in [1.82, 2.24) is 10.1 Å². The second kappa shape index (κ2) is 5.92. The molecule has 0 saturated heterocycles. The first-order valence-corrected chi connectivity index (χ1v) is 6.57. The number of anilines is 1. The molecule has 20 heavy (non-hydrogen) atoms. The van der Waals surface area contributed by atoms with Crippen molar-refractivity contribution in [3.63, 3.8) is 0 Å². The third kappa shape index (κ3) is 2.75. The zero-order valence-corrected chi connectivity index (χ0v) is 11.8. The molecule has 3 N–H and O–H groups in total. The molecule has 1 unspecified atom stereocenters. The molecule has 2 aromatic rings. The van der Waals surface area contributed by atoms with E-state index in [0.29, 0.717) is 18.0 Å². The molecule has 108 valence electrons. The Morgan fingerprint density at radius 2 is 2.15 bits per heavy atom. The number of nitrogens with zero attached hydrogens (tertiary/aromatic N) is 2. The van der Waals surface area contributed by atoms with Crippen LogP contribution < -0.4 is 5.73 Å². The maximum absolute atomic E-state index is 9.93. The fourth-order valence-corrected chi connectivity index (χ4v) is 1.94. The van der Waals surface area contributed by atoms with E-state index in [-0.39, 0.29) is 29.3 Å². The molecule has 0 amide bonds. The molecule has 6 heteroatoms. The molecule has 0 bridgehead atoms. The predicted octanol–water partition coefficient (Wildman–Crippen LogP) is 2.76. The molecule has 0 saturated carbocycles. The van der Waals surface area contributed by atoms with Gasteiger partial charge < -0.3 is 20.1 Å². The molecule has 0 aliphatic heterocycles. The van der Waals surface area contributed by atoms with Gasteiger partial charge in [0.25, 0.3) is 5.89 Å². The number of hydrogen-bond donors (Lipinski definition) is 2. The maximum Gasteiger partial charge on any atom is 0.261 e. The summed E-state index contributed by atoms with van der Waals surface area (Å²) in [5.41, 5.74) is 6.35. The van der Waals surface area contributed by atoms with Crippen LogP contribution in [0.3, 0.4) is 0 Å². The molecule has 6 nitrogen and oxygen atoms in total. The molecular weight excluding hydrogens is 258 g/mol. The van der Waals surface area contributed by atoms with Crippen molar-refractivity contribution < 1.29 is 14.4 Å². The Balaban J connectivity index is 2.35. The number of nitrogen functional groups attached to an aromatic ring is 1. The minimum absolute atomic E-state index is 0.0554. The quantitative estimate of drug-likeness (QED) is 0.644. The number of phenolic OH excluding ortho intramolecular Hbond substituents is 1. The molecular formula is C14H19N3O3. The van der Waals surface area contributed by atoms with Crippen LogP contribution in [0.25, 0.3) is 11.5 Å². The zero-order valence-electron chi connectivity index (χ0n) is 11.8. The topological polar surface area (TPSA) is 94.4 Å². The van der Waals surface area contributed by atoms with E-state index >= 15 is 0 Å². The number of aromatic hydroxyl groups is 1. The minimum Gasteiger partial charge on any atom is -0.505 e. The maximum atomic E-state index is 9.93. The number of benzene rings is 1. The van der Waals surface area contributed by atoms with Crippen molar-refractivity contribution in [2.75, 3.05) is 12.3 Å². The number of aromatic nitrogens is 2. The van der Waals surface area contributed by atoms with Crippen LogP contribution in [-0.2, 0) is 4.74 Å². The highest BCUT2D eigenvalue weighted by Crippen LogP contribution is 2.34. The van der Waals surface area contributed by atoms with Crippen molar-refractivity contribution in [1.29, 1.82) is 0 Å². The molecule has 1 aromatic carbocycles. The predicted molar refractivity (Wildman–Crippen MR) is 75.0 cm³/mol. The van der Waals surface area contributed by atoms with Gasteiger partial charge in [0.15, 0.2) is 5.75 Å². The Bertz CT molecular complexity index is 581. The van der Waals surface area contributed by atoms with Gasteiger partial charge in [0, 0.05) is 6.61 Å². The average molecular weight is 277 g/mol. The van der Waals surface area contributed by atoms with E-state index in [2.05, 4.69) is 10.1 Å². The fraction of sp³-hybridized carbons (Fsp3) is 0.429. The van der Waals surface area contributed by atoms with E-state index in [1.165, 1.54) is 0 Å². The van der Waals surface area contributed by atoms with Gasteiger partial charge in [0.2, 0.25) is 5.82 Å². The highest BCUT2D eigenvalue weighted by Gasteiger charge is 2.23. The number of hydrogen-bond acceptors (Lipinski definition) is 6. The van der Waals surface area contributed by atoms with Gasteiger partial charge >= 0.3 is 0 Å². The highest BCUT2D eigenvalue weighted by molar-refractivity contribution is 5.71. The van der Waals surface area contributed by atoms with Gasteiger partial charge in [-0.05, 0) is 25.0 Å². The SMILES string of the molecule is CCOC(c1noc(-c2cccc(N)c2O)n1)C(C)C. The Morgan fingerprint density at radius 1 is 1.40 bits per heavy atom.